The molecule has 2 aromatic heterocycles. The fourth-order valence-electron chi connectivity index (χ4n) is 4.37. The maximum Gasteiger partial charge on any atom is 0.254 e. The van der Waals surface area contributed by atoms with Gasteiger partial charge in [-0.2, -0.15) is 0 Å². The van der Waals surface area contributed by atoms with E-state index in [0.717, 1.165) is 60.1 Å². The van der Waals surface area contributed by atoms with Gasteiger partial charge in [0.25, 0.3) is 5.56 Å². The highest BCUT2D eigenvalue weighted by atomic mass is 32.1. The molecule has 1 fully saturated rings. The van der Waals surface area contributed by atoms with Gasteiger partial charge in [-0.05, 0) is 41.7 Å². The molecule has 6 nitrogen and oxygen atoms in total. The number of benzene rings is 1. The van der Waals surface area contributed by atoms with E-state index in [1.165, 1.54) is 5.56 Å². The monoisotopic (exact) mass is 463 g/mol. The predicted octanol–water partition coefficient (Wildman–Crippen LogP) is 4.41. The van der Waals surface area contributed by atoms with E-state index in [1.54, 1.807) is 28.0 Å². The van der Waals surface area contributed by atoms with Crippen LogP contribution in [0.4, 0.5) is 0 Å². The maximum atomic E-state index is 12.5. The molecule has 0 spiro atoms. The van der Waals surface area contributed by atoms with E-state index in [9.17, 15) is 4.79 Å². The number of fused-ring (bicyclic) bond motifs is 1. The average Bonchev–Trinajstić information content (AvgIpc) is 3.53. The number of aryl methyl sites for hydroxylation is 1. The van der Waals surface area contributed by atoms with Gasteiger partial charge in [-0.3, -0.25) is 9.36 Å². The van der Waals surface area contributed by atoms with E-state index >= 15 is 0 Å². The highest BCUT2D eigenvalue weighted by Crippen LogP contribution is 2.37. The first kappa shape index (κ1) is 22.2. The number of hydrogen-bond acceptors (Lipinski definition) is 6. The SMILES string of the molecule is CCc1csc(CO[C@H]2CC(n3ccccc3=O)=Cc3ccc(CNC4CCOC4)cc32)n1. The Balaban J connectivity index is 1.41. The molecule has 3 aromatic rings. The van der Waals surface area contributed by atoms with Gasteiger partial charge in [-0.25, -0.2) is 4.98 Å². The molecule has 1 aliphatic heterocycles. The molecule has 2 aliphatic rings. The van der Waals surface area contributed by atoms with Crippen molar-refractivity contribution in [3.05, 3.63) is 85.7 Å². The predicted molar refractivity (Wildman–Crippen MR) is 131 cm³/mol. The Morgan fingerprint density at radius 1 is 1.30 bits per heavy atom. The summed E-state index contributed by atoms with van der Waals surface area (Å²) in [6.07, 6.45) is 6.41. The van der Waals surface area contributed by atoms with Crippen molar-refractivity contribution in [3.63, 3.8) is 0 Å². The lowest BCUT2D eigenvalue weighted by atomic mass is 9.90. The second-order valence-corrected chi connectivity index (χ2v) is 9.48. The van der Waals surface area contributed by atoms with Crippen LogP contribution in [0.1, 0.15) is 53.3 Å². The summed E-state index contributed by atoms with van der Waals surface area (Å²) in [6.45, 7) is 4.99. The number of pyridine rings is 1. The van der Waals surface area contributed by atoms with Crippen molar-refractivity contribution in [1.29, 1.82) is 0 Å². The van der Waals surface area contributed by atoms with Crippen molar-refractivity contribution in [2.24, 2.45) is 0 Å². The number of nitrogens with one attached hydrogen (secondary N) is 1. The molecular weight excluding hydrogens is 434 g/mol. The van der Waals surface area contributed by atoms with Crippen molar-refractivity contribution in [3.8, 4) is 0 Å². The quantitative estimate of drug-likeness (QED) is 0.536. The van der Waals surface area contributed by atoms with Crippen LogP contribution in [-0.4, -0.2) is 28.8 Å². The minimum atomic E-state index is -0.143. The molecule has 0 saturated carbocycles. The zero-order valence-electron chi connectivity index (χ0n) is 18.8. The molecule has 7 heteroatoms. The second-order valence-electron chi connectivity index (χ2n) is 8.54. The van der Waals surface area contributed by atoms with Crippen LogP contribution in [0.3, 0.4) is 0 Å². The number of ether oxygens (including phenoxy) is 2. The lowest BCUT2D eigenvalue weighted by Crippen LogP contribution is -2.28. The van der Waals surface area contributed by atoms with E-state index in [4.69, 9.17) is 9.47 Å². The molecule has 0 bridgehead atoms. The van der Waals surface area contributed by atoms with Crippen molar-refractivity contribution in [2.45, 2.75) is 51.5 Å². The van der Waals surface area contributed by atoms with Crippen molar-refractivity contribution in [2.75, 3.05) is 13.2 Å². The molecule has 5 rings (SSSR count). The first-order valence-electron chi connectivity index (χ1n) is 11.6. The molecule has 1 aromatic carbocycles. The molecular formula is C26H29N3O3S. The molecule has 3 heterocycles. The lowest BCUT2D eigenvalue weighted by molar-refractivity contribution is 0.0414. The van der Waals surface area contributed by atoms with Crippen LogP contribution < -0.4 is 10.9 Å². The van der Waals surface area contributed by atoms with Gasteiger partial charge < -0.3 is 14.8 Å². The van der Waals surface area contributed by atoms with Crippen molar-refractivity contribution >= 4 is 23.1 Å². The fourth-order valence-corrected chi connectivity index (χ4v) is 5.17. The Morgan fingerprint density at radius 2 is 2.24 bits per heavy atom. The third kappa shape index (κ3) is 5.17. The van der Waals surface area contributed by atoms with Gasteiger partial charge >= 0.3 is 0 Å². The standard InChI is InChI=1S/C26H29N3O3S/c1-2-20-17-33-25(28-20)16-32-24-13-22(29-9-4-3-5-26(29)30)12-19-7-6-18(11-23(19)24)14-27-21-8-10-31-15-21/h3-7,9,11-12,17,21,24,27H,2,8,10,13-16H2,1H3/t21?,24-/m0/s1. The van der Waals surface area contributed by atoms with Gasteiger partial charge in [0.15, 0.2) is 0 Å². The molecule has 172 valence electrons. The first-order chi connectivity index (χ1) is 16.2. The summed E-state index contributed by atoms with van der Waals surface area (Å²) in [5.41, 5.74) is 5.50. The highest BCUT2D eigenvalue weighted by molar-refractivity contribution is 7.09. The van der Waals surface area contributed by atoms with Gasteiger partial charge in [0.2, 0.25) is 0 Å². The van der Waals surface area contributed by atoms with E-state index in [1.807, 2.05) is 12.3 Å². The molecule has 0 radical (unpaired) electrons. The minimum Gasteiger partial charge on any atom is -0.380 e. The summed E-state index contributed by atoms with van der Waals surface area (Å²) in [5, 5.41) is 6.68. The fraction of sp³-hybridized carbons (Fsp3) is 0.385. The van der Waals surface area contributed by atoms with Crippen LogP contribution in [0.2, 0.25) is 0 Å². The number of rotatable bonds is 8. The summed E-state index contributed by atoms with van der Waals surface area (Å²) >= 11 is 1.64. The molecule has 1 unspecified atom stereocenters. The van der Waals surface area contributed by atoms with Crippen LogP contribution in [0.15, 0.2) is 52.8 Å². The van der Waals surface area contributed by atoms with Crippen LogP contribution in [-0.2, 0) is 29.0 Å². The van der Waals surface area contributed by atoms with Crippen LogP contribution in [0.25, 0.3) is 11.8 Å². The van der Waals surface area contributed by atoms with Gasteiger partial charge in [0, 0.05) is 49.0 Å². The molecule has 1 aliphatic carbocycles. The second kappa shape index (κ2) is 10.1. The Labute approximate surface area is 197 Å². The van der Waals surface area contributed by atoms with E-state index in [0.29, 0.717) is 19.1 Å². The van der Waals surface area contributed by atoms with Gasteiger partial charge in [-0.15, -0.1) is 11.3 Å². The summed E-state index contributed by atoms with van der Waals surface area (Å²) in [6, 6.07) is 12.2. The Morgan fingerprint density at radius 3 is 3.03 bits per heavy atom. The van der Waals surface area contributed by atoms with Crippen LogP contribution in [0, 0.1) is 0 Å². The summed E-state index contributed by atoms with van der Waals surface area (Å²) < 4.78 is 13.6. The largest absolute Gasteiger partial charge is 0.380 e. The molecule has 0 amide bonds. The summed E-state index contributed by atoms with van der Waals surface area (Å²) in [5.74, 6) is 0. The number of hydrogen-bond donors (Lipinski definition) is 1. The van der Waals surface area contributed by atoms with E-state index < -0.39 is 0 Å². The smallest absolute Gasteiger partial charge is 0.254 e. The van der Waals surface area contributed by atoms with Crippen LogP contribution >= 0.6 is 11.3 Å². The number of aromatic nitrogens is 2. The summed E-state index contributed by atoms with van der Waals surface area (Å²) in [7, 11) is 0. The van der Waals surface area contributed by atoms with E-state index in [-0.39, 0.29) is 11.7 Å². The zero-order valence-corrected chi connectivity index (χ0v) is 19.6. The molecule has 33 heavy (non-hydrogen) atoms. The average molecular weight is 464 g/mol. The van der Waals surface area contributed by atoms with E-state index in [2.05, 4.69) is 46.9 Å². The van der Waals surface area contributed by atoms with Gasteiger partial charge in [0.1, 0.15) is 5.01 Å². The Kier molecular flexibility index (Phi) is 6.83. The zero-order chi connectivity index (χ0) is 22.6. The minimum absolute atomic E-state index is 0.0296. The van der Waals surface area contributed by atoms with Gasteiger partial charge in [0.05, 0.1) is 25.0 Å². The Hall–Kier alpha value is -2.58. The maximum absolute atomic E-state index is 12.5. The van der Waals surface area contributed by atoms with Crippen molar-refractivity contribution in [1.82, 2.24) is 14.9 Å². The summed E-state index contributed by atoms with van der Waals surface area (Å²) in [4.78, 5) is 17.1. The third-order valence-corrected chi connectivity index (χ3v) is 7.11. The normalized spacial score (nSPS) is 20.0. The van der Waals surface area contributed by atoms with Crippen LogP contribution in [0.5, 0.6) is 0 Å². The molecule has 1 saturated heterocycles. The number of thiazole rings is 1. The first-order valence-corrected chi connectivity index (χ1v) is 12.4. The Bertz CT molecular complexity index is 1190. The topological polar surface area (TPSA) is 65.4 Å². The highest BCUT2D eigenvalue weighted by Gasteiger charge is 2.24. The molecule has 1 N–H and O–H groups in total. The van der Waals surface area contributed by atoms with Gasteiger partial charge in [-0.1, -0.05) is 31.2 Å². The number of nitrogens with zero attached hydrogens (tertiary/aromatic N) is 2. The molecule has 2 atom stereocenters. The lowest BCUT2D eigenvalue weighted by Gasteiger charge is -2.27. The van der Waals surface area contributed by atoms with Crippen molar-refractivity contribution < 1.29 is 9.47 Å². The third-order valence-electron chi connectivity index (χ3n) is 6.24.